The topological polar surface area (TPSA) is 93.4 Å². The molecule has 0 aromatic carbocycles. The lowest BCUT2D eigenvalue weighted by molar-refractivity contribution is -0.384. The van der Waals surface area contributed by atoms with Crippen molar-refractivity contribution in [2.75, 3.05) is 37.0 Å². The van der Waals surface area contributed by atoms with E-state index in [4.69, 9.17) is 4.74 Å². The highest BCUT2D eigenvalue weighted by atomic mass is 16.6. The molecule has 21 heavy (non-hydrogen) atoms. The molecule has 2 heterocycles. The first-order valence-electron chi connectivity index (χ1n) is 7.19. The van der Waals surface area contributed by atoms with E-state index in [1.54, 1.807) is 0 Å². The number of anilines is 2. The number of nitrogens with one attached hydrogen (secondary N) is 1. The lowest BCUT2D eigenvalue weighted by atomic mass is 10.1. The normalized spacial score (nSPS) is 15.7. The monoisotopic (exact) mass is 295 g/mol. The van der Waals surface area contributed by atoms with Gasteiger partial charge in [0, 0.05) is 32.8 Å². The Kier molecular flexibility index (Phi) is 5.26. The number of hydrogen-bond donors (Lipinski definition) is 1. The average molecular weight is 295 g/mol. The Labute approximate surface area is 123 Å². The Bertz CT molecular complexity index is 491. The molecule has 0 radical (unpaired) electrons. The SMILES string of the molecule is CCCNc1ncc([N+](=O)[O-])c(N(C)C2CCOCC2)n1. The predicted octanol–water partition coefficient (Wildman–Crippen LogP) is 1.82. The number of aromatic nitrogens is 2. The van der Waals surface area contributed by atoms with E-state index in [2.05, 4.69) is 15.3 Å². The largest absolute Gasteiger partial charge is 0.381 e. The molecule has 1 N–H and O–H groups in total. The molecule has 1 aliphatic heterocycles. The maximum atomic E-state index is 11.2. The molecule has 0 saturated carbocycles. The highest BCUT2D eigenvalue weighted by Crippen LogP contribution is 2.28. The molecule has 0 aliphatic carbocycles. The van der Waals surface area contributed by atoms with Gasteiger partial charge in [-0.3, -0.25) is 10.1 Å². The summed E-state index contributed by atoms with van der Waals surface area (Å²) in [6.07, 6.45) is 3.90. The van der Waals surface area contributed by atoms with Crippen LogP contribution in [0.5, 0.6) is 0 Å². The van der Waals surface area contributed by atoms with E-state index in [-0.39, 0.29) is 11.7 Å². The lowest BCUT2D eigenvalue weighted by Gasteiger charge is -2.31. The second-order valence-electron chi connectivity index (χ2n) is 5.04. The van der Waals surface area contributed by atoms with Crippen LogP contribution in [-0.2, 0) is 4.74 Å². The van der Waals surface area contributed by atoms with Crippen LogP contribution in [0.4, 0.5) is 17.5 Å². The highest BCUT2D eigenvalue weighted by molar-refractivity contribution is 5.59. The Morgan fingerprint density at radius 3 is 2.86 bits per heavy atom. The van der Waals surface area contributed by atoms with Gasteiger partial charge < -0.3 is 15.0 Å². The maximum Gasteiger partial charge on any atom is 0.329 e. The molecule has 0 amide bonds. The Morgan fingerprint density at radius 2 is 2.24 bits per heavy atom. The minimum absolute atomic E-state index is 0.0639. The van der Waals surface area contributed by atoms with Crippen molar-refractivity contribution in [2.45, 2.75) is 32.2 Å². The minimum atomic E-state index is -0.436. The van der Waals surface area contributed by atoms with Gasteiger partial charge in [0.15, 0.2) is 0 Å². The Balaban J connectivity index is 2.26. The number of rotatable bonds is 6. The zero-order valence-electron chi connectivity index (χ0n) is 12.4. The molecule has 0 unspecified atom stereocenters. The summed E-state index contributed by atoms with van der Waals surface area (Å²) in [5.74, 6) is 0.789. The van der Waals surface area contributed by atoms with Crippen LogP contribution in [0.2, 0.25) is 0 Å². The van der Waals surface area contributed by atoms with Crippen LogP contribution in [0.1, 0.15) is 26.2 Å². The third-order valence-corrected chi connectivity index (χ3v) is 3.55. The van der Waals surface area contributed by atoms with Gasteiger partial charge >= 0.3 is 5.69 Å². The lowest BCUT2D eigenvalue weighted by Crippen LogP contribution is -2.37. The maximum absolute atomic E-state index is 11.2. The quantitative estimate of drug-likeness (QED) is 0.632. The molecule has 116 valence electrons. The second kappa shape index (κ2) is 7.16. The minimum Gasteiger partial charge on any atom is -0.381 e. The van der Waals surface area contributed by atoms with Crippen molar-refractivity contribution in [1.29, 1.82) is 0 Å². The number of hydrogen-bond acceptors (Lipinski definition) is 7. The first-order valence-corrected chi connectivity index (χ1v) is 7.19. The molecule has 1 aliphatic rings. The Morgan fingerprint density at radius 1 is 1.52 bits per heavy atom. The molecule has 1 aromatic rings. The van der Waals surface area contributed by atoms with Crippen molar-refractivity contribution in [3.05, 3.63) is 16.3 Å². The molecule has 2 rings (SSSR count). The molecular formula is C13H21N5O3. The van der Waals surface area contributed by atoms with Crippen molar-refractivity contribution in [3.8, 4) is 0 Å². The molecular weight excluding hydrogens is 274 g/mol. The fourth-order valence-electron chi connectivity index (χ4n) is 2.32. The van der Waals surface area contributed by atoms with E-state index in [1.165, 1.54) is 6.20 Å². The summed E-state index contributed by atoms with van der Waals surface area (Å²) >= 11 is 0. The van der Waals surface area contributed by atoms with Crippen LogP contribution in [0.15, 0.2) is 6.20 Å². The van der Waals surface area contributed by atoms with Crippen molar-refractivity contribution in [3.63, 3.8) is 0 Å². The fraction of sp³-hybridized carbons (Fsp3) is 0.692. The van der Waals surface area contributed by atoms with Gasteiger partial charge in [-0.05, 0) is 19.3 Å². The van der Waals surface area contributed by atoms with Gasteiger partial charge in [0.05, 0.1) is 4.92 Å². The van der Waals surface area contributed by atoms with Crippen molar-refractivity contribution >= 4 is 17.5 Å². The van der Waals surface area contributed by atoms with Gasteiger partial charge in [-0.15, -0.1) is 0 Å². The molecule has 1 fully saturated rings. The molecule has 0 atom stereocenters. The van der Waals surface area contributed by atoms with Crippen LogP contribution < -0.4 is 10.2 Å². The molecule has 1 saturated heterocycles. The molecule has 8 heteroatoms. The summed E-state index contributed by atoms with van der Waals surface area (Å²) in [6, 6.07) is 0.200. The standard InChI is InChI=1S/C13H21N5O3/c1-3-6-14-13-15-9-11(18(19)20)12(16-13)17(2)10-4-7-21-8-5-10/h9-10H,3-8H2,1-2H3,(H,14,15,16). The van der Waals surface area contributed by atoms with E-state index in [0.29, 0.717) is 25.0 Å². The van der Waals surface area contributed by atoms with Crippen LogP contribution in [0, 0.1) is 10.1 Å². The third kappa shape index (κ3) is 3.78. The van der Waals surface area contributed by atoms with E-state index < -0.39 is 4.92 Å². The van der Waals surface area contributed by atoms with Crippen molar-refractivity contribution < 1.29 is 9.66 Å². The first kappa shape index (κ1) is 15.4. The van der Waals surface area contributed by atoms with Crippen LogP contribution >= 0.6 is 0 Å². The fourth-order valence-corrected chi connectivity index (χ4v) is 2.32. The zero-order chi connectivity index (χ0) is 15.2. The first-order chi connectivity index (χ1) is 10.1. The Hall–Kier alpha value is -1.96. The van der Waals surface area contributed by atoms with E-state index in [0.717, 1.165) is 25.8 Å². The van der Waals surface area contributed by atoms with E-state index in [9.17, 15) is 10.1 Å². The van der Waals surface area contributed by atoms with E-state index >= 15 is 0 Å². The summed E-state index contributed by atoms with van der Waals surface area (Å²) in [5, 5.41) is 14.3. The van der Waals surface area contributed by atoms with Gasteiger partial charge in [-0.25, -0.2) is 4.98 Å². The van der Waals surface area contributed by atoms with Crippen molar-refractivity contribution in [1.82, 2.24) is 9.97 Å². The van der Waals surface area contributed by atoms with Crippen LogP contribution in [0.3, 0.4) is 0 Å². The summed E-state index contributed by atoms with van der Waals surface area (Å²) in [5.41, 5.74) is -0.0639. The second-order valence-corrected chi connectivity index (χ2v) is 5.04. The zero-order valence-corrected chi connectivity index (χ0v) is 12.4. The summed E-state index contributed by atoms with van der Waals surface area (Å²) in [7, 11) is 1.84. The summed E-state index contributed by atoms with van der Waals surface area (Å²) in [4.78, 5) is 21.0. The predicted molar refractivity (Wildman–Crippen MR) is 79.7 cm³/mol. The molecule has 8 nitrogen and oxygen atoms in total. The highest BCUT2D eigenvalue weighted by Gasteiger charge is 2.27. The molecule has 0 bridgehead atoms. The number of nitro groups is 1. The molecule has 0 spiro atoms. The number of nitrogens with zero attached hydrogens (tertiary/aromatic N) is 4. The van der Waals surface area contributed by atoms with E-state index in [1.807, 2.05) is 18.9 Å². The summed E-state index contributed by atoms with van der Waals surface area (Å²) in [6.45, 7) is 4.12. The van der Waals surface area contributed by atoms with Crippen molar-refractivity contribution in [2.24, 2.45) is 0 Å². The van der Waals surface area contributed by atoms with Gasteiger partial charge in [-0.2, -0.15) is 4.98 Å². The van der Waals surface area contributed by atoms with Crippen LogP contribution in [0.25, 0.3) is 0 Å². The molecule has 1 aromatic heterocycles. The third-order valence-electron chi connectivity index (χ3n) is 3.55. The summed E-state index contributed by atoms with van der Waals surface area (Å²) < 4.78 is 5.33. The van der Waals surface area contributed by atoms with Crippen LogP contribution in [-0.4, -0.2) is 47.7 Å². The smallest absolute Gasteiger partial charge is 0.329 e. The number of ether oxygens (including phenoxy) is 1. The van der Waals surface area contributed by atoms with Gasteiger partial charge in [0.2, 0.25) is 11.8 Å². The van der Waals surface area contributed by atoms with Gasteiger partial charge in [0.25, 0.3) is 0 Å². The average Bonchev–Trinajstić information content (AvgIpc) is 2.52. The van der Waals surface area contributed by atoms with Gasteiger partial charge in [0.1, 0.15) is 6.20 Å². The van der Waals surface area contributed by atoms with Gasteiger partial charge in [-0.1, -0.05) is 6.92 Å².